The van der Waals surface area contributed by atoms with Gasteiger partial charge in [0.25, 0.3) is 0 Å². The van der Waals surface area contributed by atoms with E-state index in [0.29, 0.717) is 6.61 Å². The van der Waals surface area contributed by atoms with E-state index in [1.54, 1.807) is 0 Å². The molecule has 1 fully saturated rings. The van der Waals surface area contributed by atoms with Gasteiger partial charge in [0.2, 0.25) is 0 Å². The van der Waals surface area contributed by atoms with Gasteiger partial charge in [-0.25, -0.2) is 4.79 Å². The van der Waals surface area contributed by atoms with Gasteiger partial charge in [0.05, 0.1) is 12.2 Å². The van der Waals surface area contributed by atoms with Crippen molar-refractivity contribution in [3.05, 3.63) is 35.9 Å². The highest BCUT2D eigenvalue weighted by Gasteiger charge is 2.21. The molecule has 1 aliphatic rings. The second-order valence-electron chi connectivity index (χ2n) is 4.38. The fourth-order valence-corrected chi connectivity index (χ4v) is 1.72. The van der Waals surface area contributed by atoms with Gasteiger partial charge < -0.3 is 20.3 Å². The molecular weight excluding hydrogens is 246 g/mol. The molecule has 1 saturated carbocycles. The van der Waals surface area contributed by atoms with Crippen LogP contribution in [-0.4, -0.2) is 35.6 Å². The highest BCUT2D eigenvalue weighted by atomic mass is 16.5. The molecule has 0 saturated heterocycles. The van der Waals surface area contributed by atoms with Crippen molar-refractivity contribution in [1.82, 2.24) is 5.32 Å². The number of carbonyl (C=O) groups is 1. The largest absolute Gasteiger partial charge is 0.445 e. The van der Waals surface area contributed by atoms with Crippen LogP contribution in [-0.2, 0) is 11.3 Å². The van der Waals surface area contributed by atoms with Gasteiger partial charge in [0.15, 0.2) is 0 Å². The molecule has 5 heteroatoms. The molecule has 2 atom stereocenters. The van der Waals surface area contributed by atoms with Gasteiger partial charge in [0.1, 0.15) is 6.61 Å². The van der Waals surface area contributed by atoms with E-state index in [0.717, 1.165) is 24.8 Å². The quantitative estimate of drug-likeness (QED) is 0.757. The fraction of sp³-hybridized carbons (Fsp3) is 0.500. The number of hydrogen-bond donors (Lipinski definition) is 3. The minimum Gasteiger partial charge on any atom is -0.445 e. The van der Waals surface area contributed by atoms with Gasteiger partial charge in [-0.15, -0.1) is 0 Å². The van der Waals surface area contributed by atoms with Gasteiger partial charge in [-0.1, -0.05) is 30.3 Å². The molecule has 0 radical (unpaired) electrons. The maximum absolute atomic E-state index is 10.7. The van der Waals surface area contributed by atoms with E-state index in [-0.39, 0.29) is 0 Å². The molecule has 2 unspecified atom stereocenters. The predicted octanol–water partition coefficient (Wildman–Crippen LogP) is 1.43. The molecule has 106 valence electrons. The lowest BCUT2D eigenvalue weighted by molar-refractivity contribution is 0.0438. The Balaban J connectivity index is 0.000000218. The number of hydrogen-bond acceptors (Lipinski definition) is 4. The van der Waals surface area contributed by atoms with Crippen molar-refractivity contribution in [2.45, 2.75) is 38.1 Å². The molecule has 0 heterocycles. The minimum absolute atomic E-state index is 0.320. The average molecular weight is 267 g/mol. The summed E-state index contributed by atoms with van der Waals surface area (Å²) in [4.78, 5) is 10.7. The Morgan fingerprint density at radius 1 is 1.26 bits per heavy atom. The molecular formula is C14H21NO4. The Morgan fingerprint density at radius 3 is 2.26 bits per heavy atom. The lowest BCUT2D eigenvalue weighted by Gasteiger charge is -2.03. The molecule has 0 bridgehead atoms. The Hall–Kier alpha value is -1.59. The molecule has 1 amide bonds. The van der Waals surface area contributed by atoms with E-state index >= 15 is 0 Å². The van der Waals surface area contributed by atoms with Crippen molar-refractivity contribution in [3.63, 3.8) is 0 Å². The second-order valence-corrected chi connectivity index (χ2v) is 4.38. The summed E-state index contributed by atoms with van der Waals surface area (Å²) in [6.45, 7) is 0.320. The minimum atomic E-state index is -0.431. The molecule has 0 spiro atoms. The summed E-state index contributed by atoms with van der Waals surface area (Å²) in [6.07, 6.45) is 1.27. The van der Waals surface area contributed by atoms with Crippen molar-refractivity contribution in [1.29, 1.82) is 0 Å². The number of nitrogens with one attached hydrogen (secondary N) is 1. The zero-order valence-corrected chi connectivity index (χ0v) is 11.1. The lowest BCUT2D eigenvalue weighted by Crippen LogP contribution is -2.18. The maximum Gasteiger partial charge on any atom is 0.407 e. The van der Waals surface area contributed by atoms with E-state index in [1.165, 1.54) is 7.05 Å². The molecule has 1 aliphatic carbocycles. The number of aliphatic hydroxyl groups is 2. The summed E-state index contributed by atoms with van der Waals surface area (Å²) in [7, 11) is 1.54. The molecule has 1 aromatic rings. The van der Waals surface area contributed by atoms with Crippen molar-refractivity contribution in [2.24, 2.45) is 0 Å². The monoisotopic (exact) mass is 267 g/mol. The zero-order chi connectivity index (χ0) is 14.1. The van der Waals surface area contributed by atoms with Crippen LogP contribution in [0.1, 0.15) is 24.8 Å². The smallest absolute Gasteiger partial charge is 0.407 e. The van der Waals surface area contributed by atoms with Crippen molar-refractivity contribution in [3.8, 4) is 0 Å². The van der Waals surface area contributed by atoms with Gasteiger partial charge in [-0.05, 0) is 24.8 Å². The Kier molecular flexibility index (Phi) is 6.92. The molecule has 19 heavy (non-hydrogen) atoms. The van der Waals surface area contributed by atoms with Crippen LogP contribution in [0.4, 0.5) is 4.79 Å². The third-order valence-electron chi connectivity index (χ3n) is 2.86. The summed E-state index contributed by atoms with van der Waals surface area (Å²) >= 11 is 0. The Morgan fingerprint density at radius 2 is 1.84 bits per heavy atom. The van der Waals surface area contributed by atoms with E-state index in [2.05, 4.69) is 5.32 Å². The van der Waals surface area contributed by atoms with E-state index < -0.39 is 18.3 Å². The van der Waals surface area contributed by atoms with Crippen molar-refractivity contribution >= 4 is 6.09 Å². The molecule has 0 aliphatic heterocycles. The summed E-state index contributed by atoms with van der Waals surface area (Å²) in [5.41, 5.74) is 0.987. The van der Waals surface area contributed by atoms with Crippen molar-refractivity contribution in [2.75, 3.05) is 7.05 Å². The van der Waals surface area contributed by atoms with Gasteiger partial charge in [-0.3, -0.25) is 0 Å². The van der Waals surface area contributed by atoms with Crippen LogP contribution >= 0.6 is 0 Å². The first-order valence-corrected chi connectivity index (χ1v) is 6.38. The number of alkyl carbamates (subject to hydrolysis) is 1. The normalized spacial score (nSPS) is 21.2. The highest BCUT2D eigenvalue weighted by molar-refractivity contribution is 5.66. The first kappa shape index (κ1) is 15.5. The van der Waals surface area contributed by atoms with Crippen LogP contribution in [0.15, 0.2) is 30.3 Å². The molecule has 2 rings (SSSR count). The lowest BCUT2D eigenvalue weighted by atomic mass is 10.2. The second kappa shape index (κ2) is 8.50. The molecule has 5 nitrogen and oxygen atoms in total. The number of carbonyl (C=O) groups excluding carboxylic acids is 1. The first-order chi connectivity index (χ1) is 9.13. The summed E-state index contributed by atoms with van der Waals surface area (Å²) in [5, 5.41) is 19.9. The first-order valence-electron chi connectivity index (χ1n) is 6.38. The fourth-order valence-electron chi connectivity index (χ4n) is 1.72. The van der Waals surface area contributed by atoms with Crippen LogP contribution in [0.2, 0.25) is 0 Å². The van der Waals surface area contributed by atoms with Crippen LogP contribution in [0.25, 0.3) is 0 Å². The van der Waals surface area contributed by atoms with Gasteiger partial charge >= 0.3 is 6.09 Å². The highest BCUT2D eigenvalue weighted by Crippen LogP contribution is 2.17. The number of rotatable bonds is 2. The van der Waals surface area contributed by atoms with Crippen LogP contribution in [0.5, 0.6) is 0 Å². The topological polar surface area (TPSA) is 78.8 Å². The number of benzene rings is 1. The molecule has 1 aromatic carbocycles. The van der Waals surface area contributed by atoms with Gasteiger partial charge in [-0.2, -0.15) is 0 Å². The Labute approximate surface area is 113 Å². The van der Waals surface area contributed by atoms with Crippen molar-refractivity contribution < 1.29 is 19.7 Å². The average Bonchev–Trinajstić information content (AvgIpc) is 2.82. The van der Waals surface area contributed by atoms with Crippen LogP contribution in [0, 0.1) is 0 Å². The summed E-state index contributed by atoms with van der Waals surface area (Å²) in [5.74, 6) is 0. The predicted molar refractivity (Wildman–Crippen MR) is 71.6 cm³/mol. The third-order valence-corrected chi connectivity index (χ3v) is 2.86. The molecule has 0 aromatic heterocycles. The standard InChI is InChI=1S/C9H11NO2.C5H10O2/c1-10-9(11)12-7-8-5-3-2-4-6-8;6-4-2-1-3-5(4)7/h2-6H,7H2,1H3,(H,10,11);4-7H,1-3H2. The van der Waals surface area contributed by atoms with Gasteiger partial charge in [0, 0.05) is 7.05 Å². The van der Waals surface area contributed by atoms with Crippen LogP contribution in [0.3, 0.4) is 0 Å². The summed E-state index contributed by atoms with van der Waals surface area (Å²) in [6, 6.07) is 9.54. The number of aliphatic hydroxyl groups excluding tert-OH is 2. The number of ether oxygens (including phenoxy) is 1. The zero-order valence-electron chi connectivity index (χ0n) is 11.1. The van der Waals surface area contributed by atoms with E-state index in [1.807, 2.05) is 30.3 Å². The third kappa shape index (κ3) is 6.22. The van der Waals surface area contributed by atoms with Crippen LogP contribution < -0.4 is 5.32 Å². The molecule has 3 N–H and O–H groups in total. The maximum atomic E-state index is 10.7. The Bertz CT molecular complexity index is 361. The van der Waals surface area contributed by atoms with E-state index in [4.69, 9.17) is 14.9 Å². The summed E-state index contributed by atoms with van der Waals surface area (Å²) < 4.78 is 4.83. The number of amides is 1. The van der Waals surface area contributed by atoms with E-state index in [9.17, 15) is 4.79 Å². The SMILES string of the molecule is CNC(=O)OCc1ccccc1.OC1CCCC1O.